The minimum Gasteiger partial charge on any atom is -0.478 e. The molecule has 0 aliphatic rings. The van der Waals surface area contributed by atoms with Gasteiger partial charge in [0.1, 0.15) is 10.5 Å². The Hall–Kier alpha value is -0.613. The van der Waals surface area contributed by atoms with Crippen molar-refractivity contribution in [2.24, 2.45) is 5.41 Å². The summed E-state index contributed by atoms with van der Waals surface area (Å²) in [6.07, 6.45) is 1.63. The van der Waals surface area contributed by atoms with E-state index >= 15 is 0 Å². The zero-order valence-electron chi connectivity index (χ0n) is 8.05. The first-order valence-corrected chi connectivity index (χ1v) is 4.66. The van der Waals surface area contributed by atoms with Crippen molar-refractivity contribution in [1.29, 1.82) is 0 Å². The third kappa shape index (κ3) is 2.79. The van der Waals surface area contributed by atoms with E-state index in [0.29, 0.717) is 22.7 Å². The summed E-state index contributed by atoms with van der Waals surface area (Å²) < 4.78 is 5.07. The van der Waals surface area contributed by atoms with Crippen LogP contribution in [0.4, 0.5) is 0 Å². The van der Waals surface area contributed by atoms with Gasteiger partial charge in [-0.25, -0.2) is 4.79 Å². The molecule has 0 radical (unpaired) electrons. The smallest absolute Gasteiger partial charge is 0.331 e. The van der Waals surface area contributed by atoms with E-state index in [4.69, 9.17) is 9.53 Å². The van der Waals surface area contributed by atoms with E-state index in [0.717, 1.165) is 0 Å². The highest BCUT2D eigenvalue weighted by atomic mass is 28.2. The maximum absolute atomic E-state index is 10.7. The molecule has 4 heteroatoms. The van der Waals surface area contributed by atoms with Gasteiger partial charge < -0.3 is 9.53 Å². The van der Waals surface area contributed by atoms with E-state index in [1.54, 1.807) is 13.0 Å². The lowest BCUT2D eigenvalue weighted by atomic mass is 9.85. The van der Waals surface area contributed by atoms with Crippen molar-refractivity contribution in [3.05, 3.63) is 11.6 Å². The Labute approximate surface area is 76.0 Å². The summed E-state index contributed by atoms with van der Waals surface area (Å²) in [6, 6.07) is 0. The number of aliphatic carboxylic acids is 1. The third-order valence-electron chi connectivity index (χ3n) is 1.75. The summed E-state index contributed by atoms with van der Waals surface area (Å²) in [5.41, 5.74) is 0.0286. The molecule has 0 amide bonds. The first kappa shape index (κ1) is 11.4. The first-order valence-electron chi connectivity index (χ1n) is 3.84. The van der Waals surface area contributed by atoms with Gasteiger partial charge in [-0.3, -0.25) is 0 Å². The highest BCUT2D eigenvalue weighted by Gasteiger charge is 2.27. The molecule has 0 aliphatic carbocycles. The predicted molar refractivity (Wildman–Crippen MR) is 51.1 cm³/mol. The molecule has 70 valence electrons. The summed E-state index contributed by atoms with van der Waals surface area (Å²) >= 11 is 0. The van der Waals surface area contributed by atoms with Gasteiger partial charge in [-0.15, -0.1) is 0 Å². The molecule has 0 saturated heterocycles. The highest BCUT2D eigenvalue weighted by molar-refractivity contribution is 5.98. The lowest BCUT2D eigenvalue weighted by molar-refractivity contribution is -0.134. The lowest BCUT2D eigenvalue weighted by Gasteiger charge is -2.24. The van der Waals surface area contributed by atoms with Crippen molar-refractivity contribution in [3.8, 4) is 0 Å². The maximum Gasteiger partial charge on any atom is 0.331 e. The monoisotopic (exact) mass is 188 g/mol. The van der Waals surface area contributed by atoms with Crippen molar-refractivity contribution in [3.63, 3.8) is 0 Å². The molecule has 0 aromatic heterocycles. The zero-order valence-corrected chi connectivity index (χ0v) is 10.0. The highest BCUT2D eigenvalue weighted by Crippen LogP contribution is 2.26. The number of carboxylic acid groups (broad SMARTS) is 1. The van der Waals surface area contributed by atoms with Crippen LogP contribution < -0.4 is 0 Å². The van der Waals surface area contributed by atoms with Gasteiger partial charge in [0.25, 0.3) is 0 Å². The molecule has 0 aliphatic heterocycles. The van der Waals surface area contributed by atoms with Crippen molar-refractivity contribution in [2.45, 2.75) is 20.8 Å². The van der Waals surface area contributed by atoms with Crippen LogP contribution in [0, 0.1) is 5.41 Å². The minimum atomic E-state index is -0.860. The number of carbonyl (C=O) groups is 1. The van der Waals surface area contributed by atoms with E-state index in [-0.39, 0.29) is 5.41 Å². The summed E-state index contributed by atoms with van der Waals surface area (Å²) in [5, 5.41) is 8.82. The topological polar surface area (TPSA) is 46.5 Å². The summed E-state index contributed by atoms with van der Waals surface area (Å²) in [5.74, 6) is -0.860. The van der Waals surface area contributed by atoms with Crippen LogP contribution in [0.25, 0.3) is 0 Å². The van der Waals surface area contributed by atoms with E-state index in [1.807, 2.05) is 13.8 Å². The van der Waals surface area contributed by atoms with Crippen molar-refractivity contribution < 1.29 is 14.3 Å². The van der Waals surface area contributed by atoms with Crippen molar-refractivity contribution >= 4 is 16.5 Å². The van der Waals surface area contributed by atoms with Gasteiger partial charge in [0, 0.05) is 17.6 Å². The number of hydrogen-bond donors (Lipinski definition) is 1. The standard InChI is InChI=1S/C8H16O3Si/c1-4-6(7(9)10)8(2,3)5-11-12/h4H,5H2,1-3,12H3,(H,9,10). The molecule has 0 unspecified atom stereocenters. The Bertz CT molecular complexity index is 196. The molecule has 0 spiro atoms. The van der Waals surface area contributed by atoms with Crippen LogP contribution in [0.3, 0.4) is 0 Å². The molecular formula is C8H16O3Si. The number of rotatable bonds is 4. The van der Waals surface area contributed by atoms with Crippen LogP contribution in [0.2, 0.25) is 0 Å². The first-order chi connectivity index (χ1) is 5.45. The van der Waals surface area contributed by atoms with Gasteiger partial charge in [0.2, 0.25) is 0 Å². The van der Waals surface area contributed by atoms with Crippen LogP contribution >= 0.6 is 0 Å². The van der Waals surface area contributed by atoms with Crippen LogP contribution in [-0.2, 0) is 9.22 Å². The number of allylic oxidation sites excluding steroid dienone is 1. The molecule has 0 saturated carbocycles. The van der Waals surface area contributed by atoms with Crippen LogP contribution in [-0.4, -0.2) is 28.2 Å². The molecule has 0 rings (SSSR count). The Morgan fingerprint density at radius 2 is 2.17 bits per heavy atom. The third-order valence-corrected chi connectivity index (χ3v) is 2.04. The average Bonchev–Trinajstić information content (AvgIpc) is 1.86. The van der Waals surface area contributed by atoms with Crippen LogP contribution in [0.15, 0.2) is 11.6 Å². The Morgan fingerprint density at radius 3 is 2.42 bits per heavy atom. The van der Waals surface area contributed by atoms with Crippen molar-refractivity contribution in [2.75, 3.05) is 6.61 Å². The Kier molecular flexibility index (Phi) is 4.20. The fraction of sp³-hybridized carbons (Fsp3) is 0.625. The van der Waals surface area contributed by atoms with Crippen LogP contribution in [0.1, 0.15) is 20.8 Å². The molecule has 12 heavy (non-hydrogen) atoms. The van der Waals surface area contributed by atoms with E-state index in [1.165, 1.54) is 0 Å². The van der Waals surface area contributed by atoms with Gasteiger partial charge in [-0.05, 0) is 6.92 Å². The predicted octanol–water partition coefficient (Wildman–Crippen LogP) is 0.340. The Morgan fingerprint density at radius 1 is 1.67 bits per heavy atom. The maximum atomic E-state index is 10.7. The molecule has 0 aromatic carbocycles. The second-order valence-electron chi connectivity index (χ2n) is 3.32. The van der Waals surface area contributed by atoms with Gasteiger partial charge in [-0.1, -0.05) is 19.9 Å². The lowest BCUT2D eigenvalue weighted by Crippen LogP contribution is -2.26. The molecule has 0 heterocycles. The summed E-state index contributed by atoms with van der Waals surface area (Å²) in [4.78, 5) is 10.7. The van der Waals surface area contributed by atoms with Gasteiger partial charge >= 0.3 is 5.97 Å². The molecule has 0 atom stereocenters. The largest absolute Gasteiger partial charge is 0.478 e. The van der Waals surface area contributed by atoms with Gasteiger partial charge in [0.05, 0.1) is 0 Å². The molecular weight excluding hydrogens is 172 g/mol. The number of hydrogen-bond acceptors (Lipinski definition) is 2. The van der Waals surface area contributed by atoms with E-state index in [9.17, 15) is 4.79 Å². The molecule has 0 bridgehead atoms. The second-order valence-corrected chi connectivity index (χ2v) is 3.90. The summed E-state index contributed by atoms with van der Waals surface area (Å²) in [7, 11) is 0.644. The van der Waals surface area contributed by atoms with Crippen molar-refractivity contribution in [1.82, 2.24) is 0 Å². The molecule has 0 aromatic rings. The number of carboxylic acids is 1. The Balaban J connectivity index is 4.61. The summed E-state index contributed by atoms with van der Waals surface area (Å²) in [6.45, 7) is 5.95. The molecule has 1 N–H and O–H groups in total. The normalized spacial score (nSPS) is 13.4. The fourth-order valence-electron chi connectivity index (χ4n) is 1.24. The average molecular weight is 188 g/mol. The van der Waals surface area contributed by atoms with E-state index in [2.05, 4.69) is 0 Å². The SMILES string of the molecule is CC=C(C(=O)O)C(C)(C)CO[SiH3]. The van der Waals surface area contributed by atoms with Gasteiger partial charge in [-0.2, -0.15) is 0 Å². The minimum absolute atomic E-state index is 0.387. The second kappa shape index (κ2) is 4.42. The molecule has 0 fully saturated rings. The molecule has 3 nitrogen and oxygen atoms in total. The quantitative estimate of drug-likeness (QED) is 0.511. The van der Waals surface area contributed by atoms with Gasteiger partial charge in [0.15, 0.2) is 0 Å². The fourth-order valence-corrected chi connectivity index (χ4v) is 1.96. The zero-order chi connectivity index (χ0) is 9.78. The van der Waals surface area contributed by atoms with Crippen LogP contribution in [0.5, 0.6) is 0 Å². The van der Waals surface area contributed by atoms with E-state index < -0.39 is 5.97 Å².